The molecule has 120 valence electrons. The van der Waals surface area contributed by atoms with Crippen LogP contribution >= 0.6 is 0 Å². The molecule has 0 unspecified atom stereocenters. The molecule has 5 nitrogen and oxygen atoms in total. The molecule has 0 heterocycles. The summed E-state index contributed by atoms with van der Waals surface area (Å²) in [6, 6.07) is 5.25. The second kappa shape index (κ2) is 6.93. The van der Waals surface area contributed by atoms with E-state index in [0.717, 1.165) is 0 Å². The van der Waals surface area contributed by atoms with E-state index in [1.807, 2.05) is 27.7 Å². The Morgan fingerprint density at radius 3 is 2.14 bits per heavy atom. The summed E-state index contributed by atoms with van der Waals surface area (Å²) in [6.07, 6.45) is 0.0869. The van der Waals surface area contributed by atoms with Crippen molar-refractivity contribution in [3.8, 4) is 6.07 Å². The van der Waals surface area contributed by atoms with Crippen molar-refractivity contribution in [1.29, 1.82) is 5.26 Å². The number of nitriles is 1. The van der Waals surface area contributed by atoms with Crippen molar-refractivity contribution >= 4 is 15.9 Å². The van der Waals surface area contributed by atoms with Gasteiger partial charge in [-0.15, -0.1) is 0 Å². The highest BCUT2D eigenvalue weighted by molar-refractivity contribution is 7.90. The number of nitrogens with zero attached hydrogens (tertiary/aromatic N) is 1. The molecule has 0 bridgehead atoms. The van der Waals surface area contributed by atoms with E-state index in [1.54, 1.807) is 13.0 Å². The molecule has 0 saturated heterocycles. The summed E-state index contributed by atoms with van der Waals surface area (Å²) >= 11 is 0. The molecule has 1 aromatic carbocycles. The first-order valence-electron chi connectivity index (χ1n) is 7.27. The van der Waals surface area contributed by atoms with E-state index in [1.165, 1.54) is 6.07 Å². The highest BCUT2D eigenvalue weighted by Gasteiger charge is 2.24. The number of rotatable bonds is 5. The van der Waals surface area contributed by atoms with Crippen LogP contribution in [0.3, 0.4) is 0 Å². The minimum atomic E-state index is -3.94. The van der Waals surface area contributed by atoms with Gasteiger partial charge in [0.05, 0.1) is 16.5 Å². The Balaban J connectivity index is 3.61. The van der Waals surface area contributed by atoms with Crippen LogP contribution < -0.4 is 4.72 Å². The van der Waals surface area contributed by atoms with E-state index in [9.17, 15) is 18.5 Å². The number of carbonyl (C=O) groups is 1. The molecule has 0 atom stereocenters. The molecule has 0 aliphatic heterocycles. The van der Waals surface area contributed by atoms with Gasteiger partial charge in [0.1, 0.15) is 0 Å². The minimum absolute atomic E-state index is 0.00619. The van der Waals surface area contributed by atoms with Crippen LogP contribution in [0.25, 0.3) is 0 Å². The topological polar surface area (TPSA) is 87.0 Å². The van der Waals surface area contributed by atoms with Crippen LogP contribution in [0.4, 0.5) is 0 Å². The number of sulfonamides is 1. The number of amides is 1. The first-order valence-corrected chi connectivity index (χ1v) is 8.75. The lowest BCUT2D eigenvalue weighted by Crippen LogP contribution is -2.31. The second-order valence-corrected chi connectivity index (χ2v) is 7.43. The number of carbonyl (C=O) groups excluding carboxylic acids is 1. The van der Waals surface area contributed by atoms with Gasteiger partial charge in [0.15, 0.2) is 0 Å². The van der Waals surface area contributed by atoms with Gasteiger partial charge in [-0.2, -0.15) is 5.26 Å². The van der Waals surface area contributed by atoms with Crippen LogP contribution in [0, 0.1) is 11.3 Å². The first-order chi connectivity index (χ1) is 10.1. The fourth-order valence-corrected chi connectivity index (χ4v) is 3.59. The number of hydrogen-bond donors (Lipinski definition) is 1. The molecule has 0 aliphatic carbocycles. The van der Waals surface area contributed by atoms with Crippen molar-refractivity contribution in [2.75, 3.05) is 0 Å². The third kappa shape index (κ3) is 3.86. The summed E-state index contributed by atoms with van der Waals surface area (Å²) in [5.41, 5.74) is 1.67. The van der Waals surface area contributed by atoms with Gasteiger partial charge in [-0.05, 0) is 35.1 Å². The SMILES string of the molecule is CCC(=O)NS(=O)(=O)c1cc(C(C)C)c(C#N)cc1C(C)C. The molecular weight excluding hydrogens is 300 g/mol. The molecule has 0 saturated carbocycles. The van der Waals surface area contributed by atoms with Crippen molar-refractivity contribution in [3.05, 3.63) is 28.8 Å². The van der Waals surface area contributed by atoms with Crippen LogP contribution in [-0.4, -0.2) is 14.3 Å². The zero-order chi connectivity index (χ0) is 17.1. The molecule has 1 N–H and O–H groups in total. The summed E-state index contributed by atoms with van der Waals surface area (Å²) in [5, 5.41) is 9.28. The van der Waals surface area contributed by atoms with Gasteiger partial charge in [0.25, 0.3) is 10.0 Å². The smallest absolute Gasteiger partial charge is 0.264 e. The van der Waals surface area contributed by atoms with E-state index in [2.05, 4.69) is 10.8 Å². The first kappa shape index (κ1) is 18.2. The predicted octanol–water partition coefficient (Wildman–Crippen LogP) is 3.02. The van der Waals surface area contributed by atoms with Crippen molar-refractivity contribution in [3.63, 3.8) is 0 Å². The summed E-state index contributed by atoms with van der Waals surface area (Å²) in [4.78, 5) is 11.6. The van der Waals surface area contributed by atoms with Crippen molar-refractivity contribution in [2.24, 2.45) is 0 Å². The van der Waals surface area contributed by atoms with E-state index in [0.29, 0.717) is 16.7 Å². The molecule has 0 aliphatic rings. The summed E-state index contributed by atoms with van der Waals surface area (Å²) in [6.45, 7) is 9.09. The molecule has 1 aromatic rings. The van der Waals surface area contributed by atoms with Crippen molar-refractivity contribution in [1.82, 2.24) is 4.72 Å². The fraction of sp³-hybridized carbons (Fsp3) is 0.500. The molecule has 0 radical (unpaired) electrons. The van der Waals surface area contributed by atoms with E-state index in [4.69, 9.17) is 0 Å². The van der Waals surface area contributed by atoms with Gasteiger partial charge < -0.3 is 0 Å². The van der Waals surface area contributed by atoms with Crippen LogP contribution in [0.2, 0.25) is 0 Å². The molecular formula is C16H22N2O3S. The maximum atomic E-state index is 12.5. The van der Waals surface area contributed by atoms with Gasteiger partial charge in [-0.1, -0.05) is 34.6 Å². The minimum Gasteiger partial charge on any atom is -0.274 e. The van der Waals surface area contributed by atoms with Crippen LogP contribution in [0.1, 0.15) is 69.6 Å². The van der Waals surface area contributed by atoms with Crippen LogP contribution in [0.15, 0.2) is 17.0 Å². The van der Waals surface area contributed by atoms with Gasteiger partial charge in [-0.3, -0.25) is 4.79 Å². The molecule has 1 amide bonds. The van der Waals surface area contributed by atoms with Crippen LogP contribution in [-0.2, 0) is 14.8 Å². The molecule has 0 spiro atoms. The second-order valence-electron chi connectivity index (χ2n) is 5.78. The van der Waals surface area contributed by atoms with E-state index in [-0.39, 0.29) is 23.2 Å². The van der Waals surface area contributed by atoms with Gasteiger partial charge in [0.2, 0.25) is 5.91 Å². The Labute approximate surface area is 132 Å². The molecule has 0 aromatic heterocycles. The van der Waals surface area contributed by atoms with E-state index >= 15 is 0 Å². The Morgan fingerprint density at radius 2 is 1.73 bits per heavy atom. The molecule has 22 heavy (non-hydrogen) atoms. The predicted molar refractivity (Wildman–Crippen MR) is 85.0 cm³/mol. The Morgan fingerprint density at radius 1 is 1.18 bits per heavy atom. The van der Waals surface area contributed by atoms with Gasteiger partial charge >= 0.3 is 0 Å². The highest BCUT2D eigenvalue weighted by atomic mass is 32.2. The lowest BCUT2D eigenvalue weighted by atomic mass is 9.92. The number of hydrogen-bond acceptors (Lipinski definition) is 4. The fourth-order valence-electron chi connectivity index (χ4n) is 2.15. The Kier molecular flexibility index (Phi) is 5.72. The lowest BCUT2D eigenvalue weighted by molar-refractivity contribution is -0.119. The highest BCUT2D eigenvalue weighted by Crippen LogP contribution is 2.30. The zero-order valence-electron chi connectivity index (χ0n) is 13.6. The maximum Gasteiger partial charge on any atom is 0.264 e. The molecule has 0 fully saturated rings. The van der Waals surface area contributed by atoms with Crippen molar-refractivity contribution < 1.29 is 13.2 Å². The average molecular weight is 322 g/mol. The summed E-state index contributed by atoms with van der Waals surface area (Å²) in [7, 11) is -3.94. The third-order valence-corrected chi connectivity index (χ3v) is 4.83. The molecule has 6 heteroatoms. The average Bonchev–Trinajstić information content (AvgIpc) is 2.44. The summed E-state index contributed by atoms with van der Waals surface area (Å²) < 4.78 is 27.0. The summed E-state index contributed by atoms with van der Waals surface area (Å²) in [5.74, 6) is -0.631. The van der Waals surface area contributed by atoms with Gasteiger partial charge in [0, 0.05) is 6.42 Å². The molecule has 1 rings (SSSR count). The lowest BCUT2D eigenvalue weighted by Gasteiger charge is -2.18. The Hall–Kier alpha value is -1.87. The number of nitrogens with one attached hydrogen (secondary N) is 1. The number of benzene rings is 1. The zero-order valence-corrected chi connectivity index (χ0v) is 14.4. The normalized spacial score (nSPS) is 11.5. The largest absolute Gasteiger partial charge is 0.274 e. The third-order valence-electron chi connectivity index (χ3n) is 3.41. The standard InChI is InChI=1S/C16H22N2O3S/c1-6-16(19)18-22(20,21)15-8-13(10(2)3)12(9-17)7-14(15)11(4)5/h7-8,10-11H,6H2,1-5H3,(H,18,19). The van der Waals surface area contributed by atoms with E-state index < -0.39 is 15.9 Å². The Bertz CT molecular complexity index is 714. The van der Waals surface area contributed by atoms with Crippen LogP contribution in [0.5, 0.6) is 0 Å². The quantitative estimate of drug-likeness (QED) is 0.902. The maximum absolute atomic E-state index is 12.5. The van der Waals surface area contributed by atoms with Crippen molar-refractivity contribution in [2.45, 2.75) is 57.8 Å². The van der Waals surface area contributed by atoms with Gasteiger partial charge in [-0.25, -0.2) is 13.1 Å². The monoisotopic (exact) mass is 322 g/mol.